The highest BCUT2D eigenvalue weighted by Crippen LogP contribution is 2.28. The molecule has 0 spiro atoms. The Bertz CT molecular complexity index is 974. The molecule has 0 unspecified atom stereocenters. The van der Waals surface area contributed by atoms with E-state index in [1.54, 1.807) is 32.4 Å². The normalized spacial score (nSPS) is 10.8. The third-order valence-electron chi connectivity index (χ3n) is 4.17. The van der Waals surface area contributed by atoms with Gasteiger partial charge in [0.2, 0.25) is 5.91 Å². The van der Waals surface area contributed by atoms with E-state index >= 15 is 0 Å². The number of ether oxygens (including phenoxy) is 2. The van der Waals surface area contributed by atoms with Gasteiger partial charge < -0.3 is 19.3 Å². The molecular formula is C22H22N2O4. The Balaban J connectivity index is 1.57. The van der Waals surface area contributed by atoms with E-state index in [4.69, 9.17) is 14.0 Å². The van der Waals surface area contributed by atoms with Gasteiger partial charge >= 0.3 is 0 Å². The first-order chi connectivity index (χ1) is 13.6. The number of carbonyl (C=O) groups excluding carboxylic acids is 1. The number of aryl methyl sites for hydroxylation is 1. The van der Waals surface area contributed by atoms with Crippen molar-refractivity contribution >= 4 is 12.0 Å². The fourth-order valence-corrected chi connectivity index (χ4v) is 2.61. The second kappa shape index (κ2) is 8.90. The summed E-state index contributed by atoms with van der Waals surface area (Å²) in [5.41, 5.74) is 3.61. The lowest BCUT2D eigenvalue weighted by Crippen LogP contribution is -2.20. The van der Waals surface area contributed by atoms with Crippen LogP contribution < -0.4 is 14.8 Å². The Kier molecular flexibility index (Phi) is 6.11. The molecule has 6 heteroatoms. The van der Waals surface area contributed by atoms with Gasteiger partial charge in [-0.05, 0) is 30.7 Å². The van der Waals surface area contributed by atoms with Gasteiger partial charge in [-0.2, -0.15) is 0 Å². The molecule has 144 valence electrons. The van der Waals surface area contributed by atoms with Crippen LogP contribution in [0.25, 0.3) is 17.4 Å². The van der Waals surface area contributed by atoms with Gasteiger partial charge in [0.1, 0.15) is 5.69 Å². The molecule has 0 aliphatic rings. The van der Waals surface area contributed by atoms with Crippen molar-refractivity contribution in [2.75, 3.05) is 14.2 Å². The highest BCUT2D eigenvalue weighted by molar-refractivity contribution is 5.91. The molecule has 28 heavy (non-hydrogen) atoms. The Morgan fingerprint density at radius 2 is 1.82 bits per heavy atom. The van der Waals surface area contributed by atoms with E-state index in [0.29, 0.717) is 23.0 Å². The minimum atomic E-state index is -0.227. The van der Waals surface area contributed by atoms with Crippen LogP contribution in [0.2, 0.25) is 0 Å². The number of methoxy groups -OCH3 is 2. The van der Waals surface area contributed by atoms with Crippen molar-refractivity contribution < 1.29 is 18.8 Å². The van der Waals surface area contributed by atoms with Crippen LogP contribution in [0.1, 0.15) is 16.8 Å². The number of nitrogens with zero attached hydrogens (tertiary/aromatic N) is 1. The quantitative estimate of drug-likeness (QED) is 0.629. The van der Waals surface area contributed by atoms with Crippen molar-refractivity contribution in [2.24, 2.45) is 0 Å². The van der Waals surface area contributed by atoms with E-state index in [1.807, 2.05) is 43.3 Å². The molecule has 1 amide bonds. The summed E-state index contributed by atoms with van der Waals surface area (Å²) in [7, 11) is 3.15. The molecule has 0 radical (unpaired) electrons. The van der Waals surface area contributed by atoms with Gasteiger partial charge in [-0.25, -0.2) is 0 Å². The van der Waals surface area contributed by atoms with E-state index < -0.39 is 0 Å². The van der Waals surface area contributed by atoms with Gasteiger partial charge in [0.05, 0.1) is 20.8 Å². The molecule has 0 saturated carbocycles. The zero-order chi connectivity index (χ0) is 19.9. The topological polar surface area (TPSA) is 73.6 Å². The zero-order valence-corrected chi connectivity index (χ0v) is 16.1. The van der Waals surface area contributed by atoms with Crippen molar-refractivity contribution in [3.63, 3.8) is 0 Å². The van der Waals surface area contributed by atoms with Crippen LogP contribution >= 0.6 is 0 Å². The maximum absolute atomic E-state index is 12.1. The number of hydrogen-bond acceptors (Lipinski definition) is 5. The molecule has 0 bridgehead atoms. The number of benzene rings is 2. The summed E-state index contributed by atoms with van der Waals surface area (Å²) in [6, 6.07) is 15.2. The molecule has 0 atom stereocenters. The van der Waals surface area contributed by atoms with Gasteiger partial charge in [-0.15, -0.1) is 0 Å². The third-order valence-corrected chi connectivity index (χ3v) is 4.17. The maximum atomic E-state index is 12.1. The first-order valence-electron chi connectivity index (χ1n) is 8.79. The van der Waals surface area contributed by atoms with E-state index in [9.17, 15) is 4.79 Å². The van der Waals surface area contributed by atoms with Crippen molar-refractivity contribution in [1.29, 1.82) is 0 Å². The van der Waals surface area contributed by atoms with Crippen molar-refractivity contribution in [2.45, 2.75) is 13.5 Å². The molecule has 1 N–H and O–H groups in total. The first-order valence-corrected chi connectivity index (χ1v) is 8.79. The summed E-state index contributed by atoms with van der Waals surface area (Å²) in [6.07, 6.45) is 3.17. The molecule has 0 fully saturated rings. The molecule has 0 saturated heterocycles. The second-order valence-corrected chi connectivity index (χ2v) is 6.21. The number of nitrogens with one attached hydrogen (secondary N) is 1. The summed E-state index contributed by atoms with van der Waals surface area (Å²) in [5, 5.41) is 6.79. The number of hydrogen-bond donors (Lipinski definition) is 1. The Labute approximate surface area is 163 Å². The molecule has 6 nitrogen and oxygen atoms in total. The molecule has 0 aliphatic carbocycles. The van der Waals surface area contributed by atoms with Crippen LogP contribution in [0.4, 0.5) is 0 Å². The fraction of sp³-hybridized carbons (Fsp3) is 0.182. The number of carbonyl (C=O) groups is 1. The smallest absolute Gasteiger partial charge is 0.244 e. The van der Waals surface area contributed by atoms with Crippen LogP contribution in [0.15, 0.2) is 59.1 Å². The summed E-state index contributed by atoms with van der Waals surface area (Å²) >= 11 is 0. The highest BCUT2D eigenvalue weighted by Gasteiger charge is 2.08. The van der Waals surface area contributed by atoms with Gasteiger partial charge in [-0.3, -0.25) is 4.79 Å². The van der Waals surface area contributed by atoms with E-state index in [1.165, 1.54) is 11.6 Å². The summed E-state index contributed by atoms with van der Waals surface area (Å²) < 4.78 is 15.8. The minimum Gasteiger partial charge on any atom is -0.493 e. The molecule has 1 heterocycles. The standard InChI is InChI=1S/C22H22N2O4/c1-15-4-8-17(9-5-15)20-13-18(24-28-20)14-23-22(25)11-7-16-6-10-19(26-2)21(12-16)27-3/h4-13H,14H2,1-3H3,(H,23,25). The van der Waals surface area contributed by atoms with Crippen LogP contribution in [0.3, 0.4) is 0 Å². The Hall–Kier alpha value is -3.54. The van der Waals surface area contributed by atoms with Gasteiger partial charge in [0.25, 0.3) is 0 Å². The fourth-order valence-electron chi connectivity index (χ4n) is 2.61. The molecular weight excluding hydrogens is 356 g/mol. The zero-order valence-electron chi connectivity index (χ0n) is 16.1. The van der Waals surface area contributed by atoms with Gasteiger partial charge in [0, 0.05) is 17.7 Å². The van der Waals surface area contributed by atoms with E-state index in [-0.39, 0.29) is 12.5 Å². The summed E-state index contributed by atoms with van der Waals surface area (Å²) in [4.78, 5) is 12.1. The average molecular weight is 378 g/mol. The highest BCUT2D eigenvalue weighted by atomic mass is 16.5. The minimum absolute atomic E-state index is 0.227. The number of amides is 1. The van der Waals surface area contributed by atoms with Crippen molar-refractivity contribution in [3.8, 4) is 22.8 Å². The van der Waals surface area contributed by atoms with E-state index in [2.05, 4.69) is 10.5 Å². The maximum Gasteiger partial charge on any atom is 0.244 e. The SMILES string of the molecule is COc1ccc(C=CC(=O)NCc2cc(-c3ccc(C)cc3)on2)cc1OC. The predicted octanol–water partition coefficient (Wildman–Crippen LogP) is 4.00. The summed E-state index contributed by atoms with van der Waals surface area (Å²) in [5.74, 6) is 1.69. The lowest BCUT2D eigenvalue weighted by Gasteiger charge is -2.07. The van der Waals surface area contributed by atoms with Gasteiger partial charge in [-0.1, -0.05) is 41.1 Å². The monoisotopic (exact) mass is 378 g/mol. The largest absolute Gasteiger partial charge is 0.493 e. The van der Waals surface area contributed by atoms with Crippen molar-refractivity contribution in [3.05, 3.63) is 71.4 Å². The second-order valence-electron chi connectivity index (χ2n) is 6.21. The molecule has 0 aliphatic heterocycles. The lowest BCUT2D eigenvalue weighted by atomic mass is 10.1. The summed E-state index contributed by atoms with van der Waals surface area (Å²) in [6.45, 7) is 2.31. The average Bonchev–Trinajstić information content (AvgIpc) is 3.20. The molecule has 2 aromatic carbocycles. The Morgan fingerprint density at radius 1 is 1.07 bits per heavy atom. The predicted molar refractivity (Wildman–Crippen MR) is 107 cm³/mol. The molecule has 3 rings (SSSR count). The number of rotatable bonds is 7. The van der Waals surface area contributed by atoms with Crippen LogP contribution in [-0.4, -0.2) is 25.3 Å². The third kappa shape index (κ3) is 4.79. The van der Waals surface area contributed by atoms with Gasteiger partial charge in [0.15, 0.2) is 17.3 Å². The number of aromatic nitrogens is 1. The Morgan fingerprint density at radius 3 is 2.54 bits per heavy atom. The van der Waals surface area contributed by atoms with Crippen LogP contribution in [0.5, 0.6) is 11.5 Å². The van der Waals surface area contributed by atoms with Crippen molar-refractivity contribution in [1.82, 2.24) is 10.5 Å². The molecule has 1 aromatic heterocycles. The first kappa shape index (κ1) is 19.2. The van der Waals surface area contributed by atoms with Crippen LogP contribution in [0, 0.1) is 6.92 Å². The lowest BCUT2D eigenvalue weighted by molar-refractivity contribution is -0.116. The van der Waals surface area contributed by atoms with E-state index in [0.717, 1.165) is 11.1 Å². The van der Waals surface area contributed by atoms with Crippen LogP contribution in [-0.2, 0) is 11.3 Å². The molecule has 3 aromatic rings.